The van der Waals surface area contributed by atoms with Gasteiger partial charge in [0.1, 0.15) is 11.4 Å². The Balaban J connectivity index is 0.000000372. The summed E-state index contributed by atoms with van der Waals surface area (Å²) >= 11 is 0. The van der Waals surface area contributed by atoms with E-state index in [1.165, 1.54) is 6.08 Å². The summed E-state index contributed by atoms with van der Waals surface area (Å²) in [6.45, 7) is 3.16. The second kappa shape index (κ2) is 13.7. The molecule has 0 radical (unpaired) electrons. The molecule has 1 aliphatic carbocycles. The van der Waals surface area contributed by atoms with Gasteiger partial charge in [-0.1, -0.05) is 0 Å². The number of carboxylic acids is 4. The Morgan fingerprint density at radius 3 is 1.32 bits per heavy atom. The first-order valence-electron chi connectivity index (χ1n) is 11.6. The van der Waals surface area contributed by atoms with Crippen molar-refractivity contribution < 1.29 is 80.2 Å². The summed E-state index contributed by atoms with van der Waals surface area (Å²) in [4.78, 5) is 74.8. The number of carbonyl (C=O) groups is 6. The van der Waals surface area contributed by atoms with E-state index in [0.29, 0.717) is 17.1 Å². The Labute approximate surface area is 241 Å². The van der Waals surface area contributed by atoms with Crippen molar-refractivity contribution in [1.82, 2.24) is 24.5 Å². The van der Waals surface area contributed by atoms with Crippen LogP contribution in [0.2, 0.25) is 0 Å². The van der Waals surface area contributed by atoms with Gasteiger partial charge >= 0.3 is 53.4 Å². The quantitative estimate of drug-likeness (QED) is 0.0910. The fourth-order valence-electron chi connectivity index (χ4n) is 3.75. The van der Waals surface area contributed by atoms with Gasteiger partial charge in [-0.2, -0.15) is 0 Å². The third-order valence-corrected chi connectivity index (χ3v) is 5.66. The summed E-state index contributed by atoms with van der Waals surface area (Å²) in [7, 11) is 0. The first-order chi connectivity index (χ1) is 17.5. The monoisotopic (exact) mass is 547 g/mol. The molecule has 0 aromatic carbocycles. The van der Waals surface area contributed by atoms with Crippen LogP contribution in [0.25, 0.3) is 0 Å². The van der Waals surface area contributed by atoms with Crippen LogP contribution in [-0.4, -0.2) is 159 Å². The van der Waals surface area contributed by atoms with Crippen LogP contribution in [0.1, 0.15) is 1.43 Å². The molecule has 4 N–H and O–H groups in total. The van der Waals surface area contributed by atoms with Gasteiger partial charge < -0.3 is 36.6 Å². The van der Waals surface area contributed by atoms with Gasteiger partial charge in [-0.15, -0.1) is 0 Å². The number of carboxylic acid groups (broad SMARTS) is 4. The SMILES string of the molecule is O=C(O)CN(CCN(CC(=O)O)CC(=O)O)CC(=O)O.O=C1C=C(N2CC2)C(=O)C(N2CC2)=C1N1CC1.[H-].[Na+]. The smallest absolute Gasteiger partial charge is 1.00 e. The predicted molar refractivity (Wildman–Crippen MR) is 124 cm³/mol. The van der Waals surface area contributed by atoms with Crippen molar-refractivity contribution in [2.24, 2.45) is 0 Å². The van der Waals surface area contributed by atoms with Crippen LogP contribution < -0.4 is 29.6 Å². The molecular formula is C22H30N5NaO10. The van der Waals surface area contributed by atoms with Gasteiger partial charge in [-0.05, 0) is 0 Å². The molecule has 4 aliphatic rings. The molecular weight excluding hydrogens is 517 g/mol. The first-order valence-corrected chi connectivity index (χ1v) is 11.6. The van der Waals surface area contributed by atoms with Crippen molar-refractivity contribution in [3.8, 4) is 0 Å². The van der Waals surface area contributed by atoms with E-state index in [0.717, 1.165) is 49.1 Å². The summed E-state index contributed by atoms with van der Waals surface area (Å²) in [6.07, 6.45) is 1.52. The second-order valence-corrected chi connectivity index (χ2v) is 8.88. The fraction of sp³-hybridized carbons (Fsp3) is 0.545. The van der Waals surface area contributed by atoms with Crippen LogP contribution in [0.4, 0.5) is 0 Å². The molecule has 0 spiro atoms. The van der Waals surface area contributed by atoms with Crippen molar-refractivity contribution in [3.63, 3.8) is 0 Å². The minimum atomic E-state index is -1.23. The summed E-state index contributed by atoms with van der Waals surface area (Å²) in [5.41, 5.74) is 1.89. The normalized spacial score (nSPS) is 17.5. The number of rotatable bonds is 14. The van der Waals surface area contributed by atoms with Crippen molar-refractivity contribution in [3.05, 3.63) is 23.2 Å². The maximum absolute atomic E-state index is 12.4. The number of nitrogens with zero attached hydrogens (tertiary/aromatic N) is 5. The Morgan fingerprint density at radius 2 is 1.00 bits per heavy atom. The summed E-state index contributed by atoms with van der Waals surface area (Å²) in [6, 6.07) is 0. The number of hydrogen-bond acceptors (Lipinski definition) is 11. The van der Waals surface area contributed by atoms with E-state index >= 15 is 0 Å². The minimum Gasteiger partial charge on any atom is -1.00 e. The fourth-order valence-corrected chi connectivity index (χ4v) is 3.75. The van der Waals surface area contributed by atoms with E-state index in [2.05, 4.69) is 0 Å². The van der Waals surface area contributed by atoms with Crippen LogP contribution in [-0.2, 0) is 28.8 Å². The number of aliphatic carboxylic acids is 4. The van der Waals surface area contributed by atoms with Crippen LogP contribution in [0.5, 0.6) is 0 Å². The molecule has 0 bridgehead atoms. The third-order valence-electron chi connectivity index (χ3n) is 5.66. The number of Topliss-reactive ketones (excluding diaryl/α,β-unsaturated/α-hetero) is 1. The third kappa shape index (κ3) is 9.72. The topological polar surface area (TPSA) is 199 Å². The van der Waals surface area contributed by atoms with Crippen molar-refractivity contribution >= 4 is 35.4 Å². The number of ketones is 2. The molecule has 0 saturated carbocycles. The molecule has 0 aromatic heterocycles. The molecule has 204 valence electrons. The first kappa shape index (κ1) is 31.2. The maximum atomic E-state index is 12.4. The van der Waals surface area contributed by atoms with E-state index in [-0.39, 0.29) is 55.6 Å². The summed E-state index contributed by atoms with van der Waals surface area (Å²) in [5.74, 6) is -4.86. The van der Waals surface area contributed by atoms with Crippen molar-refractivity contribution in [2.45, 2.75) is 0 Å². The molecule has 3 fully saturated rings. The Kier molecular flexibility index (Phi) is 11.3. The molecule has 38 heavy (non-hydrogen) atoms. The maximum Gasteiger partial charge on any atom is 1.00 e. The molecule has 15 nitrogen and oxygen atoms in total. The minimum absolute atomic E-state index is 0. The van der Waals surface area contributed by atoms with Crippen LogP contribution in [0.3, 0.4) is 0 Å². The van der Waals surface area contributed by atoms with Gasteiger partial charge in [0.15, 0.2) is 0 Å². The van der Waals surface area contributed by atoms with E-state index in [4.69, 9.17) is 20.4 Å². The summed E-state index contributed by atoms with van der Waals surface area (Å²) < 4.78 is 0. The number of carbonyl (C=O) groups excluding carboxylic acids is 2. The van der Waals surface area contributed by atoms with Gasteiger partial charge in [-0.25, -0.2) is 0 Å². The van der Waals surface area contributed by atoms with Crippen LogP contribution >= 0.6 is 0 Å². The molecule has 0 atom stereocenters. The molecule has 0 amide bonds. The molecule has 0 unspecified atom stereocenters. The predicted octanol–water partition coefficient (Wildman–Crippen LogP) is -5.77. The Hall–Kier alpha value is -2.98. The van der Waals surface area contributed by atoms with E-state index in [1.54, 1.807) is 0 Å². The van der Waals surface area contributed by atoms with Crippen molar-refractivity contribution in [2.75, 3.05) is 78.5 Å². The average molecular weight is 547 g/mol. The van der Waals surface area contributed by atoms with Crippen LogP contribution in [0.15, 0.2) is 23.2 Å². The van der Waals surface area contributed by atoms with Gasteiger partial charge in [0.2, 0.25) is 11.6 Å². The van der Waals surface area contributed by atoms with E-state index in [1.807, 2.05) is 14.7 Å². The Morgan fingerprint density at radius 1 is 0.658 bits per heavy atom. The molecule has 16 heteroatoms. The Bertz CT molecular complexity index is 988. The number of allylic oxidation sites excluding steroid dienone is 1. The van der Waals surface area contributed by atoms with E-state index in [9.17, 15) is 28.8 Å². The molecule has 3 aliphatic heterocycles. The molecule has 0 aromatic rings. The van der Waals surface area contributed by atoms with Gasteiger partial charge in [0.25, 0.3) is 0 Å². The van der Waals surface area contributed by atoms with Gasteiger partial charge in [0, 0.05) is 58.4 Å². The molecule has 3 heterocycles. The zero-order valence-corrected chi connectivity index (χ0v) is 23.0. The molecule has 3 saturated heterocycles. The van der Waals surface area contributed by atoms with Gasteiger partial charge in [0.05, 0.1) is 31.9 Å². The zero-order chi connectivity index (χ0) is 27.3. The average Bonchev–Trinajstić information content (AvgIpc) is 3.62. The van der Waals surface area contributed by atoms with E-state index < -0.39 is 50.1 Å². The molecule has 4 rings (SSSR count). The van der Waals surface area contributed by atoms with Gasteiger partial charge in [-0.3, -0.25) is 38.6 Å². The summed E-state index contributed by atoms with van der Waals surface area (Å²) in [5, 5.41) is 34.5. The second-order valence-electron chi connectivity index (χ2n) is 8.88. The zero-order valence-electron chi connectivity index (χ0n) is 22.0. The number of hydrogen-bond donors (Lipinski definition) is 4. The standard InChI is InChI=1S/C12H13N3O2.C10H16N2O8.Na.H/c16-9-7-8(13-1-2-13)12(17)11(15-5-6-15)10(9)14-3-4-14;13-7(14)3-11(4-8(15)16)1-2-12(5-9(17)18)6-10(19)20;;/h7H,1-6H2;1-6H2,(H,13,14)(H,15,16)(H,17,18)(H,19,20);;/q;;+1;-1. The van der Waals surface area contributed by atoms with Crippen LogP contribution in [0, 0.1) is 0 Å². The van der Waals surface area contributed by atoms with Crippen molar-refractivity contribution in [1.29, 1.82) is 0 Å². The largest absolute Gasteiger partial charge is 1.00 e.